The fourth-order valence-corrected chi connectivity index (χ4v) is 4.98. The molecule has 2 saturated heterocycles. The van der Waals surface area contributed by atoms with Gasteiger partial charge in [-0.3, -0.25) is 0 Å². The van der Waals surface area contributed by atoms with Crippen molar-refractivity contribution in [3.05, 3.63) is 48.4 Å². The molecule has 10 heteroatoms. The summed E-state index contributed by atoms with van der Waals surface area (Å²) in [4.78, 5) is 21.1. The van der Waals surface area contributed by atoms with Gasteiger partial charge in [-0.15, -0.1) is 0 Å². The highest BCUT2D eigenvalue weighted by atomic mass is 16.5. The van der Waals surface area contributed by atoms with E-state index in [1.807, 2.05) is 24.3 Å². The van der Waals surface area contributed by atoms with Crippen molar-refractivity contribution >= 4 is 28.6 Å². The predicted octanol–water partition coefficient (Wildman–Crippen LogP) is 3.69. The maximum Gasteiger partial charge on any atom is 0.266 e. The Bertz CT molecular complexity index is 1390. The first-order valence-electron chi connectivity index (χ1n) is 12.2. The van der Waals surface area contributed by atoms with Gasteiger partial charge in [0, 0.05) is 39.3 Å². The van der Waals surface area contributed by atoms with Gasteiger partial charge in [-0.25, -0.2) is 9.97 Å². The third-order valence-electron chi connectivity index (χ3n) is 6.57. The van der Waals surface area contributed by atoms with Crippen molar-refractivity contribution < 1.29 is 13.6 Å². The Morgan fingerprint density at radius 2 is 1.47 bits per heavy atom. The van der Waals surface area contributed by atoms with E-state index in [4.69, 9.17) is 23.5 Å². The van der Waals surface area contributed by atoms with Crippen molar-refractivity contribution in [3.63, 3.8) is 0 Å². The van der Waals surface area contributed by atoms with Crippen molar-refractivity contribution in [3.8, 4) is 17.7 Å². The van der Waals surface area contributed by atoms with Gasteiger partial charge in [0.2, 0.25) is 11.6 Å². The number of hydrogen-bond acceptors (Lipinski definition) is 10. The van der Waals surface area contributed by atoms with Gasteiger partial charge < -0.3 is 28.3 Å². The molecule has 3 aromatic heterocycles. The van der Waals surface area contributed by atoms with Gasteiger partial charge in [0.1, 0.15) is 6.07 Å². The molecular weight excluding hydrogens is 458 g/mol. The summed E-state index contributed by atoms with van der Waals surface area (Å²) in [5, 5.41) is 9.64. The van der Waals surface area contributed by atoms with Crippen molar-refractivity contribution in [1.82, 2.24) is 15.0 Å². The van der Waals surface area contributed by atoms with Crippen molar-refractivity contribution in [2.24, 2.45) is 0 Å². The van der Waals surface area contributed by atoms with Crippen LogP contribution in [-0.4, -0.2) is 66.4 Å². The summed E-state index contributed by atoms with van der Waals surface area (Å²) in [5.41, 5.74) is 2.02. The summed E-state index contributed by atoms with van der Waals surface area (Å²) in [6, 6.07) is 13.7. The summed E-state index contributed by atoms with van der Waals surface area (Å²) >= 11 is 0. The van der Waals surface area contributed by atoms with Crippen molar-refractivity contribution in [2.75, 3.05) is 54.0 Å². The molecule has 10 nitrogen and oxygen atoms in total. The van der Waals surface area contributed by atoms with Gasteiger partial charge in [0.25, 0.3) is 5.89 Å². The smallest absolute Gasteiger partial charge is 0.266 e. The number of piperazine rings is 1. The number of oxazole rings is 1. The summed E-state index contributed by atoms with van der Waals surface area (Å²) in [6.45, 7) is 8.45. The van der Waals surface area contributed by atoms with Gasteiger partial charge >= 0.3 is 0 Å². The van der Waals surface area contributed by atoms with Crippen LogP contribution in [0.2, 0.25) is 0 Å². The highest BCUT2D eigenvalue weighted by Crippen LogP contribution is 2.33. The molecule has 0 aliphatic carbocycles. The van der Waals surface area contributed by atoms with E-state index >= 15 is 0 Å². The zero-order valence-electron chi connectivity index (χ0n) is 20.3. The number of para-hydroxylation sites is 2. The fourth-order valence-electron chi connectivity index (χ4n) is 4.98. The molecule has 0 N–H and O–H groups in total. The second kappa shape index (κ2) is 9.17. The van der Waals surface area contributed by atoms with Gasteiger partial charge in [0.05, 0.1) is 29.5 Å². The summed E-state index contributed by atoms with van der Waals surface area (Å²) in [6.07, 6.45) is 1.79. The normalized spacial score (nSPS) is 20.6. The molecule has 6 rings (SSSR count). The molecule has 36 heavy (non-hydrogen) atoms. The molecule has 0 bridgehead atoms. The Labute approximate surface area is 208 Å². The SMILES string of the molecule is CC1CN(c2nc3ccccc3nc2N2CCN(c3oc(-c4ccco4)nc3C#N)CC2)CC(C)O1. The average Bonchev–Trinajstić information content (AvgIpc) is 3.58. The first kappa shape index (κ1) is 22.4. The van der Waals surface area contributed by atoms with E-state index in [-0.39, 0.29) is 17.9 Å². The van der Waals surface area contributed by atoms with Crippen LogP contribution >= 0.6 is 0 Å². The quantitative estimate of drug-likeness (QED) is 0.425. The van der Waals surface area contributed by atoms with E-state index in [9.17, 15) is 5.26 Å². The van der Waals surface area contributed by atoms with Crippen LogP contribution < -0.4 is 14.7 Å². The predicted molar refractivity (Wildman–Crippen MR) is 135 cm³/mol. The Kier molecular flexibility index (Phi) is 5.70. The lowest BCUT2D eigenvalue weighted by Crippen LogP contribution is -2.49. The fraction of sp³-hybridized carbons (Fsp3) is 0.385. The van der Waals surface area contributed by atoms with E-state index in [2.05, 4.69) is 39.6 Å². The maximum atomic E-state index is 9.64. The lowest BCUT2D eigenvalue weighted by atomic mass is 10.2. The molecule has 2 atom stereocenters. The van der Waals surface area contributed by atoms with Crippen LogP contribution in [0.4, 0.5) is 17.5 Å². The summed E-state index contributed by atoms with van der Waals surface area (Å²) in [5.74, 6) is 3.06. The highest BCUT2D eigenvalue weighted by Gasteiger charge is 2.31. The minimum atomic E-state index is 0.117. The number of hydrogen-bond donors (Lipinski definition) is 0. The molecule has 0 saturated carbocycles. The third-order valence-corrected chi connectivity index (χ3v) is 6.57. The zero-order chi connectivity index (χ0) is 24.6. The largest absolute Gasteiger partial charge is 0.459 e. The first-order valence-corrected chi connectivity index (χ1v) is 12.2. The highest BCUT2D eigenvalue weighted by molar-refractivity contribution is 5.81. The maximum absolute atomic E-state index is 9.64. The number of morpholine rings is 1. The lowest BCUT2D eigenvalue weighted by molar-refractivity contribution is -0.00542. The van der Waals surface area contributed by atoms with Crippen LogP contribution in [0.25, 0.3) is 22.7 Å². The van der Waals surface area contributed by atoms with Gasteiger partial charge in [-0.1, -0.05) is 12.1 Å². The Balaban J connectivity index is 1.28. The molecular formula is C26H27N7O3. The van der Waals surface area contributed by atoms with Crippen LogP contribution in [0.5, 0.6) is 0 Å². The Hall–Kier alpha value is -4.10. The molecule has 2 fully saturated rings. The third kappa shape index (κ3) is 4.12. The lowest BCUT2D eigenvalue weighted by Gasteiger charge is -2.40. The van der Waals surface area contributed by atoms with Crippen molar-refractivity contribution in [1.29, 1.82) is 5.26 Å². The molecule has 0 spiro atoms. The minimum absolute atomic E-state index is 0.117. The monoisotopic (exact) mass is 485 g/mol. The summed E-state index contributed by atoms with van der Waals surface area (Å²) in [7, 11) is 0. The number of nitrogens with zero attached hydrogens (tertiary/aromatic N) is 7. The molecule has 2 aliphatic heterocycles. The van der Waals surface area contributed by atoms with Gasteiger partial charge in [-0.05, 0) is 38.1 Å². The molecule has 5 heterocycles. The number of furan rings is 1. The Morgan fingerprint density at radius 3 is 2.08 bits per heavy atom. The first-order chi connectivity index (χ1) is 17.6. The molecule has 184 valence electrons. The molecule has 2 unspecified atom stereocenters. The van der Waals surface area contributed by atoms with Crippen LogP contribution in [-0.2, 0) is 4.74 Å². The second-order valence-electron chi connectivity index (χ2n) is 9.26. The van der Waals surface area contributed by atoms with Crippen LogP contribution in [0.15, 0.2) is 51.5 Å². The van der Waals surface area contributed by atoms with Crippen LogP contribution in [0, 0.1) is 11.3 Å². The number of anilines is 3. The zero-order valence-corrected chi connectivity index (χ0v) is 20.3. The standard InChI is InChI=1S/C26H27N7O3/c1-17-15-33(16-18(2)35-17)24-23(28-19-6-3-4-7-20(19)29-24)31-9-11-32(12-10-31)26-21(14-27)30-25(36-26)22-8-5-13-34-22/h3-8,13,17-18H,9-12,15-16H2,1-2H3. The second-order valence-corrected chi connectivity index (χ2v) is 9.26. The van der Waals surface area contributed by atoms with Gasteiger partial charge in [0.15, 0.2) is 17.4 Å². The average molecular weight is 486 g/mol. The number of nitriles is 1. The number of benzene rings is 1. The van der Waals surface area contributed by atoms with E-state index < -0.39 is 0 Å². The van der Waals surface area contributed by atoms with E-state index in [0.29, 0.717) is 43.7 Å². The number of fused-ring (bicyclic) bond motifs is 1. The van der Waals surface area contributed by atoms with E-state index in [1.165, 1.54) is 0 Å². The van der Waals surface area contributed by atoms with Crippen molar-refractivity contribution in [2.45, 2.75) is 26.1 Å². The Morgan fingerprint density at radius 1 is 0.833 bits per heavy atom. The van der Waals surface area contributed by atoms with E-state index in [1.54, 1.807) is 18.4 Å². The minimum Gasteiger partial charge on any atom is -0.459 e. The molecule has 0 radical (unpaired) electrons. The summed E-state index contributed by atoms with van der Waals surface area (Å²) < 4.78 is 17.3. The number of aromatic nitrogens is 3. The molecule has 2 aliphatic rings. The van der Waals surface area contributed by atoms with E-state index in [0.717, 1.165) is 35.8 Å². The number of ether oxygens (including phenoxy) is 1. The molecule has 4 aromatic rings. The topological polar surface area (TPSA) is 108 Å². The molecule has 0 amide bonds. The van der Waals surface area contributed by atoms with Gasteiger partial charge in [-0.2, -0.15) is 10.2 Å². The molecule has 1 aromatic carbocycles. The van der Waals surface area contributed by atoms with Crippen LogP contribution in [0.3, 0.4) is 0 Å². The number of rotatable bonds is 4. The van der Waals surface area contributed by atoms with Crippen LogP contribution in [0.1, 0.15) is 19.5 Å².